The number of halogens is 1. The van der Waals surface area contributed by atoms with Crippen molar-refractivity contribution >= 4 is 35.1 Å². The van der Waals surface area contributed by atoms with Gasteiger partial charge in [0, 0.05) is 36.5 Å². The number of hydrogen-bond donors (Lipinski definition) is 2. The highest BCUT2D eigenvalue weighted by atomic mass is 35.5. The average Bonchev–Trinajstić information content (AvgIpc) is 3.06. The van der Waals surface area contributed by atoms with Crippen LogP contribution in [0.1, 0.15) is 17.1 Å². The van der Waals surface area contributed by atoms with Crippen LogP contribution in [0, 0.1) is 17.0 Å². The number of thioether (sulfide) groups is 2. The maximum Gasteiger partial charge on any atom is 0.274 e. The van der Waals surface area contributed by atoms with Crippen LogP contribution in [0.3, 0.4) is 0 Å². The van der Waals surface area contributed by atoms with E-state index >= 15 is 0 Å². The SMILES string of the molecule is Cc1ncoc1CSCCNC(=C[N+](=O)[O-])NCCSCc1ncccc1Cl. The number of hydrogen-bond acceptors (Lipinski definition) is 9. The van der Waals surface area contributed by atoms with Crippen LogP contribution in [0.2, 0.25) is 5.02 Å². The van der Waals surface area contributed by atoms with Crippen LogP contribution in [-0.2, 0) is 11.5 Å². The first-order valence-corrected chi connectivity index (χ1v) is 11.2. The van der Waals surface area contributed by atoms with Gasteiger partial charge in [0.15, 0.2) is 12.2 Å². The van der Waals surface area contributed by atoms with Crippen molar-refractivity contribution in [3.05, 3.63) is 69.0 Å². The average molecular weight is 444 g/mol. The van der Waals surface area contributed by atoms with Gasteiger partial charge < -0.3 is 15.1 Å². The first-order valence-electron chi connectivity index (χ1n) is 8.53. The highest BCUT2D eigenvalue weighted by Gasteiger charge is 2.05. The van der Waals surface area contributed by atoms with Gasteiger partial charge in [0.05, 0.1) is 27.1 Å². The van der Waals surface area contributed by atoms with E-state index < -0.39 is 4.92 Å². The number of aromatic nitrogens is 2. The molecule has 0 amide bonds. The number of aryl methyl sites for hydroxylation is 1. The fourth-order valence-corrected chi connectivity index (χ4v) is 4.03. The van der Waals surface area contributed by atoms with Crippen LogP contribution in [0.25, 0.3) is 0 Å². The quantitative estimate of drug-likeness (QED) is 0.273. The summed E-state index contributed by atoms with van der Waals surface area (Å²) in [7, 11) is 0. The molecule has 0 fully saturated rings. The van der Waals surface area contributed by atoms with Crippen molar-refractivity contribution in [1.29, 1.82) is 0 Å². The molecule has 0 aliphatic rings. The summed E-state index contributed by atoms with van der Waals surface area (Å²) in [5, 5.41) is 17.6. The second kappa shape index (κ2) is 12.5. The molecule has 2 heterocycles. The van der Waals surface area contributed by atoms with Crippen LogP contribution >= 0.6 is 35.1 Å². The van der Waals surface area contributed by atoms with Gasteiger partial charge in [-0.15, -0.1) is 0 Å². The zero-order valence-electron chi connectivity index (χ0n) is 15.4. The number of pyridine rings is 1. The molecule has 0 saturated heterocycles. The number of nitro groups is 1. The highest BCUT2D eigenvalue weighted by molar-refractivity contribution is 7.98. The second-order valence-electron chi connectivity index (χ2n) is 5.58. The Morgan fingerprint density at radius 3 is 2.61 bits per heavy atom. The van der Waals surface area contributed by atoms with Gasteiger partial charge in [0.2, 0.25) is 0 Å². The molecule has 0 radical (unpaired) electrons. The minimum atomic E-state index is -0.471. The van der Waals surface area contributed by atoms with Crippen molar-refractivity contribution in [2.24, 2.45) is 0 Å². The van der Waals surface area contributed by atoms with E-state index in [1.54, 1.807) is 35.8 Å². The number of rotatable bonds is 13. The van der Waals surface area contributed by atoms with Gasteiger partial charge in [0.25, 0.3) is 6.20 Å². The number of nitrogens with zero attached hydrogens (tertiary/aromatic N) is 3. The molecule has 0 aliphatic carbocycles. The van der Waals surface area contributed by atoms with Gasteiger partial charge in [-0.3, -0.25) is 15.1 Å². The third-order valence-corrected chi connectivity index (χ3v) is 5.78. The maximum absolute atomic E-state index is 10.8. The first kappa shape index (κ1) is 22.4. The van der Waals surface area contributed by atoms with Crippen LogP contribution in [0.15, 0.2) is 41.2 Å². The van der Waals surface area contributed by atoms with Crippen molar-refractivity contribution in [1.82, 2.24) is 20.6 Å². The van der Waals surface area contributed by atoms with Crippen LogP contribution in [0.4, 0.5) is 0 Å². The van der Waals surface area contributed by atoms with E-state index in [9.17, 15) is 10.1 Å². The lowest BCUT2D eigenvalue weighted by atomic mass is 10.4. The van der Waals surface area contributed by atoms with E-state index in [0.29, 0.717) is 29.7 Å². The van der Waals surface area contributed by atoms with Crippen molar-refractivity contribution in [3.63, 3.8) is 0 Å². The lowest BCUT2D eigenvalue weighted by Crippen LogP contribution is -2.30. The lowest BCUT2D eigenvalue weighted by Gasteiger charge is -2.11. The molecule has 0 aliphatic heterocycles. The van der Waals surface area contributed by atoms with Gasteiger partial charge in [-0.1, -0.05) is 11.6 Å². The Bertz CT molecular complexity index is 788. The fourth-order valence-electron chi connectivity index (χ4n) is 2.10. The molecule has 0 saturated carbocycles. The Balaban J connectivity index is 1.63. The molecule has 152 valence electrons. The number of oxazole rings is 1. The van der Waals surface area contributed by atoms with Crippen molar-refractivity contribution in [2.75, 3.05) is 24.6 Å². The zero-order valence-corrected chi connectivity index (χ0v) is 17.8. The van der Waals surface area contributed by atoms with E-state index in [1.807, 2.05) is 13.0 Å². The molecular weight excluding hydrogens is 422 g/mol. The van der Waals surface area contributed by atoms with E-state index in [4.69, 9.17) is 16.0 Å². The maximum atomic E-state index is 10.8. The van der Waals surface area contributed by atoms with E-state index in [-0.39, 0.29) is 0 Å². The summed E-state index contributed by atoms with van der Waals surface area (Å²) >= 11 is 9.40. The van der Waals surface area contributed by atoms with E-state index in [2.05, 4.69) is 20.6 Å². The van der Waals surface area contributed by atoms with Crippen LogP contribution in [-0.4, -0.2) is 39.5 Å². The predicted octanol–water partition coefficient (Wildman–Crippen LogP) is 3.45. The van der Waals surface area contributed by atoms with Crippen molar-refractivity contribution < 1.29 is 9.34 Å². The second-order valence-corrected chi connectivity index (χ2v) is 8.20. The molecule has 0 unspecified atom stereocenters. The standard InChI is InChI=1S/C17H22ClN5O3S2/c1-13-16(26-12-22-13)11-28-8-6-21-17(9-23(24)25)20-5-7-27-10-15-14(18)3-2-4-19-15/h2-4,9,12,20-21H,5-8,10-11H2,1H3. The zero-order chi connectivity index (χ0) is 20.2. The predicted molar refractivity (Wildman–Crippen MR) is 114 cm³/mol. The molecule has 0 bridgehead atoms. The minimum absolute atomic E-state index is 0.401. The Hall–Kier alpha value is -1.91. The molecule has 2 rings (SSSR count). The minimum Gasteiger partial charge on any atom is -0.447 e. The summed E-state index contributed by atoms with van der Waals surface area (Å²) in [6, 6.07) is 3.61. The summed E-state index contributed by atoms with van der Waals surface area (Å²) in [6.45, 7) is 3.09. The third-order valence-electron chi connectivity index (χ3n) is 3.51. The van der Waals surface area contributed by atoms with Crippen molar-refractivity contribution in [2.45, 2.75) is 18.4 Å². The topological polar surface area (TPSA) is 106 Å². The first-order chi connectivity index (χ1) is 13.6. The van der Waals surface area contributed by atoms with Gasteiger partial charge in [-0.2, -0.15) is 23.5 Å². The molecule has 2 aromatic rings. The summed E-state index contributed by atoms with van der Waals surface area (Å²) < 4.78 is 5.28. The Kier molecular flexibility index (Phi) is 10.0. The summed E-state index contributed by atoms with van der Waals surface area (Å²) in [6.07, 6.45) is 4.10. The monoisotopic (exact) mass is 443 g/mol. The largest absolute Gasteiger partial charge is 0.447 e. The molecule has 8 nitrogen and oxygen atoms in total. The molecule has 2 aromatic heterocycles. The highest BCUT2D eigenvalue weighted by Crippen LogP contribution is 2.18. The molecule has 0 spiro atoms. The van der Waals surface area contributed by atoms with Gasteiger partial charge in [-0.05, 0) is 19.1 Å². The van der Waals surface area contributed by atoms with E-state index in [1.165, 1.54) is 6.39 Å². The molecular formula is C17H22ClN5O3S2. The van der Waals surface area contributed by atoms with Crippen molar-refractivity contribution in [3.8, 4) is 0 Å². The summed E-state index contributed by atoms with van der Waals surface area (Å²) in [4.78, 5) is 18.6. The Morgan fingerprint density at radius 2 is 2.00 bits per heavy atom. The van der Waals surface area contributed by atoms with Crippen LogP contribution < -0.4 is 10.6 Å². The van der Waals surface area contributed by atoms with Gasteiger partial charge >= 0.3 is 0 Å². The lowest BCUT2D eigenvalue weighted by molar-refractivity contribution is -0.404. The van der Waals surface area contributed by atoms with Gasteiger partial charge in [-0.25, -0.2) is 4.98 Å². The molecule has 0 aromatic carbocycles. The normalized spacial score (nSPS) is 11.4. The molecule has 11 heteroatoms. The molecule has 28 heavy (non-hydrogen) atoms. The van der Waals surface area contributed by atoms with Gasteiger partial charge in [0.1, 0.15) is 5.76 Å². The van der Waals surface area contributed by atoms with E-state index in [0.717, 1.165) is 40.6 Å². The number of nitrogens with one attached hydrogen (secondary N) is 2. The third kappa shape index (κ3) is 8.41. The summed E-state index contributed by atoms with van der Waals surface area (Å²) in [5.41, 5.74) is 1.73. The summed E-state index contributed by atoms with van der Waals surface area (Å²) in [5.74, 6) is 4.22. The van der Waals surface area contributed by atoms with Crippen LogP contribution in [0.5, 0.6) is 0 Å². The molecule has 0 atom stereocenters. The smallest absolute Gasteiger partial charge is 0.274 e. The molecule has 2 N–H and O–H groups in total. The Morgan fingerprint density at radius 1 is 1.29 bits per heavy atom. The Labute approximate surface area is 177 Å². The fraction of sp³-hybridized carbons (Fsp3) is 0.412.